The maximum atomic E-state index is 12.9. The van der Waals surface area contributed by atoms with Crippen molar-refractivity contribution in [1.82, 2.24) is 4.31 Å². The molecule has 0 radical (unpaired) electrons. The van der Waals surface area contributed by atoms with Gasteiger partial charge >= 0.3 is 0 Å². The second kappa shape index (κ2) is 7.36. The third kappa shape index (κ3) is 4.25. The number of hydrogen-bond donors (Lipinski definition) is 2. The summed E-state index contributed by atoms with van der Waals surface area (Å²) in [4.78, 5) is -0.0299. The monoisotopic (exact) mass is 379 g/mol. The highest BCUT2D eigenvalue weighted by Crippen LogP contribution is 2.26. The highest BCUT2D eigenvalue weighted by atomic mass is 32.2. The number of methoxy groups -OCH3 is 1. The first-order chi connectivity index (χ1) is 11.2. The highest BCUT2D eigenvalue weighted by Gasteiger charge is 2.39. The van der Waals surface area contributed by atoms with Crippen LogP contribution in [0.1, 0.15) is 6.42 Å². The summed E-state index contributed by atoms with van der Waals surface area (Å²) in [6.45, 7) is -0.987. The number of sulfonamides is 1. The minimum atomic E-state index is -4.02. The van der Waals surface area contributed by atoms with Crippen molar-refractivity contribution in [1.29, 1.82) is 0 Å². The third-order valence-electron chi connectivity index (χ3n) is 3.88. The summed E-state index contributed by atoms with van der Waals surface area (Å²) < 4.78 is 55.1. The molecule has 2 atom stereocenters. The number of hydrogen-bond acceptors (Lipinski definition) is 7. The zero-order valence-corrected chi connectivity index (χ0v) is 14.8. The minimum absolute atomic E-state index is 0.0299. The highest BCUT2D eigenvalue weighted by molar-refractivity contribution is 7.92. The number of sulfone groups is 1. The van der Waals surface area contributed by atoms with Gasteiger partial charge in [-0.1, -0.05) is 0 Å². The van der Waals surface area contributed by atoms with E-state index in [-0.39, 0.29) is 29.4 Å². The van der Waals surface area contributed by atoms with Gasteiger partial charge in [0.25, 0.3) is 0 Å². The molecule has 0 aromatic heterocycles. The van der Waals surface area contributed by atoms with Crippen LogP contribution in [0.4, 0.5) is 0 Å². The van der Waals surface area contributed by atoms with E-state index in [0.29, 0.717) is 5.75 Å². The van der Waals surface area contributed by atoms with Crippen LogP contribution in [0.2, 0.25) is 0 Å². The predicted molar refractivity (Wildman–Crippen MR) is 87.0 cm³/mol. The van der Waals surface area contributed by atoms with Crippen molar-refractivity contribution in [2.45, 2.75) is 23.5 Å². The second-order valence-corrected chi connectivity index (χ2v) is 9.76. The molecule has 1 heterocycles. The molecule has 1 fully saturated rings. The molecule has 2 rings (SSSR count). The summed E-state index contributed by atoms with van der Waals surface area (Å²) >= 11 is 0. The molecule has 1 aliphatic heterocycles. The van der Waals surface area contributed by atoms with Gasteiger partial charge in [0.05, 0.1) is 36.2 Å². The van der Waals surface area contributed by atoms with E-state index in [9.17, 15) is 21.9 Å². The number of nitrogens with zero attached hydrogens (tertiary/aromatic N) is 1. The SMILES string of the molecule is COc1ccc(S(=O)(=O)N(C[C@H](O)CO)[C@@H]2CCS(=O)(=O)C2)cc1. The molecule has 0 bridgehead atoms. The molecular formula is C14H21NO7S2. The third-order valence-corrected chi connectivity index (χ3v) is 7.57. The van der Waals surface area contributed by atoms with Crippen LogP contribution >= 0.6 is 0 Å². The Balaban J connectivity index is 2.36. The average Bonchev–Trinajstić information content (AvgIpc) is 2.91. The predicted octanol–water partition coefficient (Wildman–Crippen LogP) is -0.774. The van der Waals surface area contributed by atoms with Crippen LogP contribution in [0.25, 0.3) is 0 Å². The van der Waals surface area contributed by atoms with Gasteiger partial charge in [0, 0.05) is 12.6 Å². The van der Waals surface area contributed by atoms with Crippen LogP contribution in [0.3, 0.4) is 0 Å². The van der Waals surface area contributed by atoms with E-state index in [1.165, 1.54) is 31.4 Å². The van der Waals surface area contributed by atoms with Crippen molar-refractivity contribution >= 4 is 19.9 Å². The molecule has 2 N–H and O–H groups in total. The van der Waals surface area contributed by atoms with Gasteiger partial charge in [-0.25, -0.2) is 16.8 Å². The quantitative estimate of drug-likeness (QED) is 0.638. The smallest absolute Gasteiger partial charge is 0.243 e. The Morgan fingerprint density at radius 2 is 1.96 bits per heavy atom. The van der Waals surface area contributed by atoms with Gasteiger partial charge < -0.3 is 14.9 Å². The summed E-state index contributed by atoms with van der Waals surface area (Å²) in [7, 11) is -5.87. The summed E-state index contributed by atoms with van der Waals surface area (Å²) in [6, 6.07) is 4.92. The largest absolute Gasteiger partial charge is 0.497 e. The van der Waals surface area contributed by atoms with E-state index in [0.717, 1.165) is 4.31 Å². The number of rotatable bonds is 7. The van der Waals surface area contributed by atoms with Gasteiger partial charge in [0.1, 0.15) is 5.75 Å². The van der Waals surface area contributed by atoms with Gasteiger partial charge in [-0.15, -0.1) is 0 Å². The molecule has 1 aromatic carbocycles. The zero-order chi connectivity index (χ0) is 18.0. The molecule has 1 aromatic rings. The molecule has 0 spiro atoms. The molecule has 0 saturated carbocycles. The Hall–Kier alpha value is -1.20. The number of benzene rings is 1. The molecule has 8 nitrogen and oxygen atoms in total. The summed E-state index contributed by atoms with van der Waals surface area (Å²) in [5, 5.41) is 18.7. The molecule has 1 saturated heterocycles. The molecule has 0 amide bonds. The van der Waals surface area contributed by atoms with E-state index >= 15 is 0 Å². The van der Waals surface area contributed by atoms with Crippen molar-refractivity contribution in [2.75, 3.05) is 31.8 Å². The van der Waals surface area contributed by atoms with Gasteiger partial charge in [0.2, 0.25) is 10.0 Å². The Morgan fingerprint density at radius 1 is 1.33 bits per heavy atom. The van der Waals surface area contributed by atoms with Crippen molar-refractivity contribution < 1.29 is 31.8 Å². The van der Waals surface area contributed by atoms with E-state index in [1.54, 1.807) is 0 Å². The minimum Gasteiger partial charge on any atom is -0.497 e. The van der Waals surface area contributed by atoms with Gasteiger partial charge in [-0.05, 0) is 30.7 Å². The lowest BCUT2D eigenvalue weighted by atomic mass is 10.2. The first-order valence-corrected chi connectivity index (χ1v) is 10.6. The summed E-state index contributed by atoms with van der Waals surface area (Å²) in [5.74, 6) is 0.0986. The number of aliphatic hydroxyl groups is 2. The topological polar surface area (TPSA) is 121 Å². The Kier molecular flexibility index (Phi) is 5.87. The van der Waals surface area contributed by atoms with E-state index in [1.807, 2.05) is 0 Å². The summed E-state index contributed by atoms with van der Waals surface area (Å²) in [5.41, 5.74) is 0. The van der Waals surface area contributed by atoms with Crippen LogP contribution in [0.15, 0.2) is 29.2 Å². The molecule has 136 valence electrons. The Bertz CT molecular complexity index is 759. The fourth-order valence-corrected chi connectivity index (χ4v) is 6.11. The zero-order valence-electron chi connectivity index (χ0n) is 13.2. The first kappa shape index (κ1) is 19.1. The number of aliphatic hydroxyl groups excluding tert-OH is 2. The van der Waals surface area contributed by atoms with Crippen LogP contribution in [-0.2, 0) is 19.9 Å². The standard InChI is InChI=1S/C14H21NO7S2/c1-22-13-2-4-14(5-3-13)24(20,21)15(8-12(17)9-16)11-6-7-23(18,19)10-11/h2-5,11-12,16-17H,6-10H2,1H3/t11-,12+/m1/s1. The average molecular weight is 379 g/mol. The maximum Gasteiger partial charge on any atom is 0.243 e. The lowest BCUT2D eigenvalue weighted by molar-refractivity contribution is 0.0730. The lowest BCUT2D eigenvalue weighted by Gasteiger charge is -2.29. The molecule has 10 heteroatoms. The van der Waals surface area contributed by atoms with E-state index in [4.69, 9.17) is 9.84 Å². The van der Waals surface area contributed by atoms with Gasteiger partial charge in [0.15, 0.2) is 9.84 Å². The lowest BCUT2D eigenvalue weighted by Crippen LogP contribution is -2.46. The van der Waals surface area contributed by atoms with Crippen LogP contribution < -0.4 is 4.74 Å². The molecule has 1 aliphatic rings. The molecule has 0 aliphatic carbocycles. The maximum absolute atomic E-state index is 12.9. The van der Waals surface area contributed by atoms with Crippen molar-refractivity contribution in [3.8, 4) is 5.75 Å². The van der Waals surface area contributed by atoms with Gasteiger partial charge in [-0.3, -0.25) is 0 Å². The second-order valence-electron chi connectivity index (χ2n) is 5.64. The molecule has 24 heavy (non-hydrogen) atoms. The van der Waals surface area contributed by atoms with Crippen molar-refractivity contribution in [2.24, 2.45) is 0 Å². The van der Waals surface area contributed by atoms with Crippen molar-refractivity contribution in [3.63, 3.8) is 0 Å². The van der Waals surface area contributed by atoms with Crippen LogP contribution in [0, 0.1) is 0 Å². The van der Waals surface area contributed by atoms with Gasteiger partial charge in [-0.2, -0.15) is 4.31 Å². The van der Waals surface area contributed by atoms with Crippen molar-refractivity contribution in [3.05, 3.63) is 24.3 Å². The fourth-order valence-electron chi connectivity index (χ4n) is 2.59. The number of ether oxygens (including phenoxy) is 1. The molecule has 0 unspecified atom stereocenters. The normalized spacial score (nSPS) is 21.8. The van der Waals surface area contributed by atoms with Crippen LogP contribution in [0.5, 0.6) is 5.75 Å². The summed E-state index contributed by atoms with van der Waals surface area (Å²) in [6.07, 6.45) is -1.13. The Morgan fingerprint density at radius 3 is 2.42 bits per heavy atom. The van der Waals surface area contributed by atoms with E-state index < -0.39 is 38.6 Å². The molecular weight excluding hydrogens is 358 g/mol. The first-order valence-electron chi connectivity index (χ1n) is 7.35. The fraction of sp³-hybridized carbons (Fsp3) is 0.571. The van der Waals surface area contributed by atoms with E-state index in [2.05, 4.69) is 0 Å². The Labute approximate surface area is 141 Å². The van der Waals surface area contributed by atoms with Crippen LogP contribution in [-0.4, -0.2) is 75.3 Å².